The molecule has 0 saturated carbocycles. The molecular weight excluding hydrogens is 180 g/mol. The maximum absolute atomic E-state index is 9.51. The highest BCUT2D eigenvalue weighted by Crippen LogP contribution is 2.08. The normalized spacial score (nSPS) is 14.9. The quantitative estimate of drug-likeness (QED) is 0.658. The highest BCUT2D eigenvalue weighted by molar-refractivity contribution is 5.37. The Bertz CT molecular complexity index is 300. The van der Waals surface area contributed by atoms with Gasteiger partial charge in [-0.25, -0.2) is 4.98 Å². The second-order valence-electron chi connectivity index (χ2n) is 3.73. The lowest BCUT2D eigenvalue weighted by Crippen LogP contribution is -2.37. The molecule has 1 aromatic heterocycles. The van der Waals surface area contributed by atoms with Crippen molar-refractivity contribution in [1.29, 1.82) is 0 Å². The minimum Gasteiger partial charge on any atom is -0.393 e. The fourth-order valence-corrected chi connectivity index (χ4v) is 0.970. The lowest BCUT2D eigenvalue weighted by molar-refractivity contribution is 0.0132. The van der Waals surface area contributed by atoms with Gasteiger partial charge < -0.3 is 15.5 Å². The van der Waals surface area contributed by atoms with Crippen molar-refractivity contribution in [3.05, 3.63) is 23.9 Å². The van der Waals surface area contributed by atoms with E-state index in [1.807, 2.05) is 19.1 Å². The van der Waals surface area contributed by atoms with Crippen LogP contribution in [0.15, 0.2) is 18.3 Å². The van der Waals surface area contributed by atoms with Crippen LogP contribution in [0.4, 0.5) is 5.82 Å². The predicted molar refractivity (Wildman–Crippen MR) is 55.2 cm³/mol. The van der Waals surface area contributed by atoms with Crippen LogP contribution >= 0.6 is 0 Å². The molecule has 14 heavy (non-hydrogen) atoms. The van der Waals surface area contributed by atoms with Gasteiger partial charge in [-0.05, 0) is 31.5 Å². The van der Waals surface area contributed by atoms with Crippen LogP contribution in [0, 0.1) is 6.92 Å². The fourth-order valence-electron chi connectivity index (χ4n) is 0.970. The molecule has 4 nitrogen and oxygen atoms in total. The number of nitrogens with one attached hydrogen (secondary N) is 1. The first-order valence-corrected chi connectivity index (χ1v) is 4.53. The van der Waals surface area contributed by atoms with E-state index in [0.29, 0.717) is 5.82 Å². The van der Waals surface area contributed by atoms with Crippen LogP contribution in [0.2, 0.25) is 0 Å². The van der Waals surface area contributed by atoms with Crippen LogP contribution in [0.3, 0.4) is 0 Å². The summed E-state index contributed by atoms with van der Waals surface area (Å²) in [6.07, 6.45) is 1.70. The average Bonchev–Trinajstić information content (AvgIpc) is 2.15. The van der Waals surface area contributed by atoms with Gasteiger partial charge in [0, 0.05) is 12.7 Å². The maximum atomic E-state index is 9.51. The number of aliphatic hydroxyl groups is 2. The lowest BCUT2D eigenvalue weighted by Gasteiger charge is -2.20. The Morgan fingerprint density at radius 1 is 1.57 bits per heavy atom. The summed E-state index contributed by atoms with van der Waals surface area (Å²) in [4.78, 5) is 4.07. The first-order chi connectivity index (χ1) is 6.53. The molecule has 4 heteroatoms. The van der Waals surface area contributed by atoms with Gasteiger partial charge in [0.25, 0.3) is 0 Å². The summed E-state index contributed by atoms with van der Waals surface area (Å²) < 4.78 is 0. The molecule has 3 N–H and O–H groups in total. The molecule has 1 unspecified atom stereocenters. The van der Waals surface area contributed by atoms with Crippen molar-refractivity contribution >= 4 is 5.82 Å². The third-order valence-corrected chi connectivity index (χ3v) is 1.91. The van der Waals surface area contributed by atoms with Gasteiger partial charge >= 0.3 is 0 Å². The summed E-state index contributed by atoms with van der Waals surface area (Å²) in [7, 11) is 0. The Hall–Kier alpha value is -1.13. The van der Waals surface area contributed by atoms with Crippen LogP contribution in [-0.2, 0) is 0 Å². The zero-order valence-electron chi connectivity index (χ0n) is 8.49. The predicted octanol–water partition coefficient (Wildman–Crippen LogP) is 0.545. The summed E-state index contributed by atoms with van der Waals surface area (Å²) >= 11 is 0. The zero-order valence-corrected chi connectivity index (χ0v) is 8.49. The van der Waals surface area contributed by atoms with Gasteiger partial charge in [-0.15, -0.1) is 0 Å². The molecule has 78 valence electrons. The van der Waals surface area contributed by atoms with Gasteiger partial charge in [0.05, 0.1) is 6.61 Å². The molecular formula is C10H16N2O2. The molecule has 0 spiro atoms. The average molecular weight is 196 g/mol. The summed E-state index contributed by atoms with van der Waals surface area (Å²) in [6.45, 7) is 3.54. The third-order valence-electron chi connectivity index (χ3n) is 1.91. The molecule has 0 aliphatic heterocycles. The number of hydrogen-bond donors (Lipinski definition) is 3. The van der Waals surface area contributed by atoms with Gasteiger partial charge in [-0.2, -0.15) is 0 Å². The molecule has 0 radical (unpaired) electrons. The van der Waals surface area contributed by atoms with E-state index >= 15 is 0 Å². The second kappa shape index (κ2) is 4.39. The van der Waals surface area contributed by atoms with E-state index in [9.17, 15) is 5.11 Å². The molecule has 1 atom stereocenters. The number of aliphatic hydroxyl groups excluding tert-OH is 1. The van der Waals surface area contributed by atoms with E-state index in [-0.39, 0.29) is 13.2 Å². The topological polar surface area (TPSA) is 65.4 Å². The third kappa shape index (κ3) is 3.32. The van der Waals surface area contributed by atoms with E-state index < -0.39 is 5.60 Å². The summed E-state index contributed by atoms with van der Waals surface area (Å²) in [5.41, 5.74) is -0.00282. The van der Waals surface area contributed by atoms with Crippen LogP contribution in [0.5, 0.6) is 0 Å². The maximum Gasteiger partial charge on any atom is 0.126 e. The van der Waals surface area contributed by atoms with E-state index in [2.05, 4.69) is 10.3 Å². The summed E-state index contributed by atoms with van der Waals surface area (Å²) in [5, 5.41) is 21.3. The molecule has 1 rings (SSSR count). The summed E-state index contributed by atoms with van der Waals surface area (Å²) in [5.74, 6) is 0.707. The van der Waals surface area contributed by atoms with Crippen LogP contribution in [-0.4, -0.2) is 33.9 Å². The highest BCUT2D eigenvalue weighted by Gasteiger charge is 2.18. The van der Waals surface area contributed by atoms with Crippen molar-refractivity contribution in [2.24, 2.45) is 0 Å². The van der Waals surface area contributed by atoms with Crippen LogP contribution in [0.1, 0.15) is 12.5 Å². The molecule has 0 bridgehead atoms. The Morgan fingerprint density at radius 2 is 2.29 bits per heavy atom. The van der Waals surface area contributed by atoms with E-state index in [0.717, 1.165) is 5.56 Å². The van der Waals surface area contributed by atoms with E-state index in [1.165, 1.54) is 0 Å². The molecule has 1 heterocycles. The molecule has 0 fully saturated rings. The largest absolute Gasteiger partial charge is 0.393 e. The van der Waals surface area contributed by atoms with Crippen molar-refractivity contribution in [3.8, 4) is 0 Å². The standard InChI is InChI=1S/C10H16N2O2/c1-8-3-4-11-9(5-8)12-6-10(2,14)7-13/h3-5,13-14H,6-7H2,1-2H3,(H,11,12). The molecule has 0 aliphatic carbocycles. The van der Waals surface area contributed by atoms with Crippen molar-refractivity contribution in [1.82, 2.24) is 4.98 Å². The number of pyridine rings is 1. The van der Waals surface area contributed by atoms with Crippen molar-refractivity contribution < 1.29 is 10.2 Å². The van der Waals surface area contributed by atoms with E-state index in [4.69, 9.17) is 5.11 Å². The number of hydrogen-bond acceptors (Lipinski definition) is 4. The Morgan fingerprint density at radius 3 is 2.86 bits per heavy atom. The fraction of sp³-hybridized carbons (Fsp3) is 0.500. The number of nitrogens with zero attached hydrogens (tertiary/aromatic N) is 1. The monoisotopic (exact) mass is 196 g/mol. The minimum atomic E-state index is -1.11. The Balaban J connectivity index is 2.54. The van der Waals surface area contributed by atoms with Gasteiger partial charge in [0.15, 0.2) is 0 Å². The van der Waals surface area contributed by atoms with Crippen LogP contribution in [0.25, 0.3) is 0 Å². The SMILES string of the molecule is Cc1ccnc(NCC(C)(O)CO)c1. The molecule has 1 aromatic rings. The van der Waals surface area contributed by atoms with Gasteiger partial charge in [0.1, 0.15) is 11.4 Å². The molecule has 0 aliphatic rings. The second-order valence-corrected chi connectivity index (χ2v) is 3.73. The lowest BCUT2D eigenvalue weighted by atomic mass is 10.1. The van der Waals surface area contributed by atoms with Gasteiger partial charge in [0.2, 0.25) is 0 Å². The first-order valence-electron chi connectivity index (χ1n) is 4.53. The minimum absolute atomic E-state index is 0.272. The molecule has 0 aromatic carbocycles. The highest BCUT2D eigenvalue weighted by atomic mass is 16.3. The smallest absolute Gasteiger partial charge is 0.126 e. The molecule has 0 amide bonds. The molecule has 0 saturated heterocycles. The summed E-state index contributed by atoms with van der Waals surface area (Å²) in [6, 6.07) is 3.78. The van der Waals surface area contributed by atoms with Crippen LogP contribution < -0.4 is 5.32 Å². The van der Waals surface area contributed by atoms with Crippen molar-refractivity contribution in [2.45, 2.75) is 19.4 Å². The Labute approximate surface area is 83.6 Å². The van der Waals surface area contributed by atoms with Crippen molar-refractivity contribution in [2.75, 3.05) is 18.5 Å². The number of aryl methyl sites for hydroxylation is 1. The van der Waals surface area contributed by atoms with Gasteiger partial charge in [-0.3, -0.25) is 0 Å². The Kier molecular flexibility index (Phi) is 3.43. The zero-order chi connectivity index (χ0) is 10.6. The van der Waals surface area contributed by atoms with Crippen molar-refractivity contribution in [3.63, 3.8) is 0 Å². The van der Waals surface area contributed by atoms with E-state index in [1.54, 1.807) is 13.1 Å². The van der Waals surface area contributed by atoms with Gasteiger partial charge in [-0.1, -0.05) is 0 Å². The number of rotatable bonds is 4. The number of anilines is 1. The number of aromatic nitrogens is 1. The first kappa shape index (κ1) is 10.9.